The summed E-state index contributed by atoms with van der Waals surface area (Å²) < 4.78 is 6.28. The van der Waals surface area contributed by atoms with Gasteiger partial charge in [0.1, 0.15) is 5.82 Å². The van der Waals surface area contributed by atoms with E-state index >= 15 is 0 Å². The molecule has 0 unspecified atom stereocenters. The van der Waals surface area contributed by atoms with Crippen LogP contribution in [-0.4, -0.2) is 23.6 Å². The van der Waals surface area contributed by atoms with Crippen molar-refractivity contribution >= 4 is 39.7 Å². The number of halogens is 1. The number of hydrogen-bond acceptors (Lipinski definition) is 5. The van der Waals surface area contributed by atoms with Crippen LogP contribution in [0.2, 0.25) is 0 Å². The molecule has 0 spiro atoms. The first-order valence-corrected chi connectivity index (χ1v) is 8.41. The molecule has 0 atom stereocenters. The Kier molecular flexibility index (Phi) is 5.74. The third kappa shape index (κ3) is 3.67. The van der Waals surface area contributed by atoms with Gasteiger partial charge in [0.15, 0.2) is 5.82 Å². The Bertz CT molecular complexity index is 586. The summed E-state index contributed by atoms with van der Waals surface area (Å²) in [7, 11) is 1.69. The zero-order valence-electron chi connectivity index (χ0n) is 11.9. The average molecular weight is 403 g/mol. The van der Waals surface area contributed by atoms with Gasteiger partial charge in [-0.05, 0) is 48.1 Å². The van der Waals surface area contributed by atoms with Gasteiger partial charge in [0.05, 0.1) is 20.7 Å². The van der Waals surface area contributed by atoms with Crippen LogP contribution in [0.15, 0.2) is 12.1 Å². The summed E-state index contributed by atoms with van der Waals surface area (Å²) in [6.45, 7) is 5.63. The van der Waals surface area contributed by atoms with Crippen LogP contribution in [0.5, 0.6) is 0 Å². The minimum atomic E-state index is 0.499. The van der Waals surface area contributed by atoms with Crippen LogP contribution in [0.1, 0.15) is 23.9 Å². The van der Waals surface area contributed by atoms with Crippen molar-refractivity contribution < 1.29 is 4.74 Å². The fraction of sp³-hybridized carbons (Fsp3) is 0.429. The van der Waals surface area contributed by atoms with Gasteiger partial charge >= 0.3 is 0 Å². The Labute approximate surface area is 137 Å². The first kappa shape index (κ1) is 15.7. The Balaban J connectivity index is 2.43. The van der Waals surface area contributed by atoms with E-state index in [-0.39, 0.29) is 0 Å². The zero-order chi connectivity index (χ0) is 14.5. The molecule has 0 aliphatic heterocycles. The zero-order valence-corrected chi connectivity index (χ0v) is 14.8. The molecule has 1 N–H and O–H groups in total. The summed E-state index contributed by atoms with van der Waals surface area (Å²) in [5, 5.41) is 3.37. The maximum atomic E-state index is 5.24. The number of nitrogens with one attached hydrogen (secondary N) is 1. The van der Waals surface area contributed by atoms with Crippen molar-refractivity contribution in [2.75, 3.05) is 19.0 Å². The first-order valence-electron chi connectivity index (χ1n) is 6.51. The quantitative estimate of drug-likeness (QED) is 0.739. The molecule has 108 valence electrons. The first-order chi connectivity index (χ1) is 9.65. The monoisotopic (exact) mass is 403 g/mol. The van der Waals surface area contributed by atoms with Crippen LogP contribution < -0.4 is 5.32 Å². The van der Waals surface area contributed by atoms with Gasteiger partial charge in [-0.15, -0.1) is 11.3 Å². The molecule has 4 nitrogen and oxygen atoms in total. The SMILES string of the molecule is CCCNc1nc(-c2ccc(C)s2)nc(COC)c1I. The maximum absolute atomic E-state index is 5.24. The summed E-state index contributed by atoms with van der Waals surface area (Å²) in [5.74, 6) is 1.67. The van der Waals surface area contributed by atoms with Crippen molar-refractivity contribution in [2.24, 2.45) is 0 Å². The highest BCUT2D eigenvalue weighted by Gasteiger charge is 2.14. The molecule has 0 aliphatic carbocycles. The highest BCUT2D eigenvalue weighted by molar-refractivity contribution is 14.1. The van der Waals surface area contributed by atoms with E-state index in [9.17, 15) is 0 Å². The topological polar surface area (TPSA) is 47.0 Å². The van der Waals surface area contributed by atoms with Crippen LogP contribution in [0, 0.1) is 10.5 Å². The largest absolute Gasteiger partial charge is 0.378 e. The molecule has 2 heterocycles. The second-order valence-electron chi connectivity index (χ2n) is 4.43. The lowest BCUT2D eigenvalue weighted by atomic mass is 10.3. The molecule has 0 aliphatic rings. The smallest absolute Gasteiger partial charge is 0.172 e. The van der Waals surface area contributed by atoms with Crippen molar-refractivity contribution in [3.05, 3.63) is 26.3 Å². The lowest BCUT2D eigenvalue weighted by Gasteiger charge is -2.11. The standard InChI is InChI=1S/C14H18IN3OS/c1-4-7-16-14-12(15)10(8-19-3)17-13(18-14)11-6-5-9(2)20-11/h5-6H,4,7-8H2,1-3H3,(H,16,17,18). The van der Waals surface area contributed by atoms with Gasteiger partial charge in [0.25, 0.3) is 0 Å². The van der Waals surface area contributed by atoms with Crippen LogP contribution in [-0.2, 0) is 11.3 Å². The van der Waals surface area contributed by atoms with Gasteiger partial charge in [0, 0.05) is 18.5 Å². The van der Waals surface area contributed by atoms with Crippen molar-refractivity contribution in [3.63, 3.8) is 0 Å². The van der Waals surface area contributed by atoms with Gasteiger partial charge in [-0.2, -0.15) is 0 Å². The minimum absolute atomic E-state index is 0.499. The average Bonchev–Trinajstić information content (AvgIpc) is 2.86. The second-order valence-corrected chi connectivity index (χ2v) is 6.79. The lowest BCUT2D eigenvalue weighted by Crippen LogP contribution is -2.09. The van der Waals surface area contributed by atoms with Crippen LogP contribution >= 0.6 is 33.9 Å². The number of anilines is 1. The van der Waals surface area contributed by atoms with E-state index in [1.54, 1.807) is 18.4 Å². The molecule has 2 aromatic heterocycles. The molecule has 0 saturated heterocycles. The van der Waals surface area contributed by atoms with Gasteiger partial charge < -0.3 is 10.1 Å². The molecular weight excluding hydrogens is 385 g/mol. The summed E-state index contributed by atoms with van der Waals surface area (Å²) in [4.78, 5) is 11.7. The third-order valence-electron chi connectivity index (χ3n) is 2.70. The molecular formula is C14H18IN3OS. The number of hydrogen-bond donors (Lipinski definition) is 1. The van der Waals surface area contributed by atoms with Crippen LogP contribution in [0.25, 0.3) is 10.7 Å². The van der Waals surface area contributed by atoms with E-state index in [1.165, 1.54) is 4.88 Å². The van der Waals surface area contributed by atoms with Crippen molar-refractivity contribution in [2.45, 2.75) is 26.9 Å². The molecule has 0 amide bonds. The number of ether oxygens (including phenoxy) is 1. The Morgan fingerprint density at radius 2 is 2.15 bits per heavy atom. The molecule has 6 heteroatoms. The summed E-state index contributed by atoms with van der Waals surface area (Å²) in [5.41, 5.74) is 0.933. The highest BCUT2D eigenvalue weighted by atomic mass is 127. The minimum Gasteiger partial charge on any atom is -0.378 e. The molecule has 2 rings (SSSR count). The molecule has 0 bridgehead atoms. The van der Waals surface area contributed by atoms with Crippen molar-refractivity contribution in [3.8, 4) is 10.7 Å². The molecule has 0 fully saturated rings. The fourth-order valence-electron chi connectivity index (χ4n) is 1.75. The normalized spacial score (nSPS) is 10.8. The van der Waals surface area contributed by atoms with Gasteiger partial charge in [-0.25, -0.2) is 9.97 Å². The third-order valence-corrected chi connectivity index (χ3v) is 4.83. The number of thiophene rings is 1. The predicted molar refractivity (Wildman–Crippen MR) is 92.3 cm³/mol. The predicted octanol–water partition coefficient (Wildman–Crippen LogP) is 4.09. The molecule has 2 aromatic rings. The molecule has 0 radical (unpaired) electrons. The van der Waals surface area contributed by atoms with E-state index in [0.29, 0.717) is 6.61 Å². The number of nitrogens with zero attached hydrogens (tertiary/aromatic N) is 2. The van der Waals surface area contributed by atoms with E-state index < -0.39 is 0 Å². The molecule has 0 aromatic carbocycles. The Morgan fingerprint density at radius 1 is 1.35 bits per heavy atom. The van der Waals surface area contributed by atoms with Crippen LogP contribution in [0.3, 0.4) is 0 Å². The van der Waals surface area contributed by atoms with E-state index in [4.69, 9.17) is 4.74 Å². The summed E-state index contributed by atoms with van der Waals surface area (Å²) in [6.07, 6.45) is 1.06. The Hall–Kier alpha value is -0.730. The van der Waals surface area contributed by atoms with Gasteiger partial charge in [-0.1, -0.05) is 6.92 Å². The molecule has 0 saturated carbocycles. The number of methoxy groups -OCH3 is 1. The van der Waals surface area contributed by atoms with Gasteiger partial charge in [0.2, 0.25) is 0 Å². The van der Waals surface area contributed by atoms with E-state index in [1.807, 2.05) is 0 Å². The number of rotatable bonds is 6. The number of aromatic nitrogens is 2. The van der Waals surface area contributed by atoms with Crippen molar-refractivity contribution in [1.29, 1.82) is 0 Å². The van der Waals surface area contributed by atoms with Crippen molar-refractivity contribution in [1.82, 2.24) is 9.97 Å². The maximum Gasteiger partial charge on any atom is 0.172 e. The Morgan fingerprint density at radius 3 is 2.75 bits per heavy atom. The fourth-order valence-corrected chi connectivity index (χ4v) is 3.14. The van der Waals surface area contributed by atoms with E-state index in [0.717, 1.165) is 38.7 Å². The van der Waals surface area contributed by atoms with E-state index in [2.05, 4.69) is 63.9 Å². The van der Waals surface area contributed by atoms with Gasteiger partial charge in [-0.3, -0.25) is 0 Å². The lowest BCUT2D eigenvalue weighted by molar-refractivity contribution is 0.181. The van der Waals surface area contributed by atoms with Crippen LogP contribution in [0.4, 0.5) is 5.82 Å². The summed E-state index contributed by atoms with van der Waals surface area (Å²) in [6, 6.07) is 4.17. The highest BCUT2D eigenvalue weighted by Crippen LogP contribution is 2.29. The number of aryl methyl sites for hydroxylation is 1. The molecule has 20 heavy (non-hydrogen) atoms. The summed E-state index contributed by atoms with van der Waals surface area (Å²) >= 11 is 3.99. The second kappa shape index (κ2) is 7.33.